The van der Waals surface area contributed by atoms with Crippen molar-refractivity contribution in [2.75, 3.05) is 0 Å². The zero-order valence-corrected chi connectivity index (χ0v) is 9.53. The average Bonchev–Trinajstić information content (AvgIpc) is 2.65. The highest BCUT2D eigenvalue weighted by Crippen LogP contribution is 2.18. The molecule has 5 heteroatoms. The number of rotatable bonds is 3. The van der Waals surface area contributed by atoms with Crippen molar-refractivity contribution in [1.29, 1.82) is 0 Å². The van der Waals surface area contributed by atoms with Crippen molar-refractivity contribution in [1.82, 2.24) is 4.98 Å². The molecule has 0 aliphatic carbocycles. The molecule has 0 saturated heterocycles. The third-order valence-corrected chi connectivity index (χ3v) is 3.11. The summed E-state index contributed by atoms with van der Waals surface area (Å²) in [5.74, 6) is 0. The number of hydrogen-bond acceptors (Lipinski definition) is 4. The van der Waals surface area contributed by atoms with E-state index in [2.05, 4.69) is 4.98 Å². The van der Waals surface area contributed by atoms with E-state index in [9.17, 15) is 10.1 Å². The van der Waals surface area contributed by atoms with E-state index in [0.29, 0.717) is 0 Å². The van der Waals surface area contributed by atoms with E-state index >= 15 is 0 Å². The van der Waals surface area contributed by atoms with Crippen LogP contribution in [-0.4, -0.2) is 9.91 Å². The van der Waals surface area contributed by atoms with Crippen LogP contribution in [0.5, 0.6) is 0 Å². The van der Waals surface area contributed by atoms with Gasteiger partial charge in [0.25, 0.3) is 5.69 Å². The zero-order valence-electron chi connectivity index (χ0n) is 8.71. The van der Waals surface area contributed by atoms with Gasteiger partial charge in [-0.1, -0.05) is 12.1 Å². The second-order valence-electron chi connectivity index (χ2n) is 3.45. The van der Waals surface area contributed by atoms with Crippen molar-refractivity contribution in [3.8, 4) is 0 Å². The summed E-state index contributed by atoms with van der Waals surface area (Å²) in [4.78, 5) is 15.4. The quantitative estimate of drug-likeness (QED) is 0.606. The maximum atomic E-state index is 10.5. The van der Waals surface area contributed by atoms with Gasteiger partial charge in [-0.15, -0.1) is 11.3 Å². The van der Waals surface area contributed by atoms with Gasteiger partial charge in [0.15, 0.2) is 0 Å². The molecule has 0 amide bonds. The Morgan fingerprint density at radius 1 is 1.38 bits per heavy atom. The summed E-state index contributed by atoms with van der Waals surface area (Å²) in [5.41, 5.74) is 1.19. The summed E-state index contributed by atoms with van der Waals surface area (Å²) in [6.45, 7) is 1.96. The Morgan fingerprint density at radius 3 is 2.56 bits per heavy atom. The maximum absolute atomic E-state index is 10.5. The SMILES string of the molecule is Cc1ncc(Cc2ccc([N+](=O)[O-])cc2)s1. The Morgan fingerprint density at radius 2 is 2.06 bits per heavy atom. The first-order valence-corrected chi connectivity index (χ1v) is 5.61. The van der Waals surface area contributed by atoms with E-state index in [4.69, 9.17) is 0 Å². The Balaban J connectivity index is 2.14. The number of aromatic nitrogens is 1. The van der Waals surface area contributed by atoms with Gasteiger partial charge in [0, 0.05) is 29.6 Å². The third-order valence-electron chi connectivity index (χ3n) is 2.19. The van der Waals surface area contributed by atoms with Crippen LogP contribution in [-0.2, 0) is 6.42 Å². The zero-order chi connectivity index (χ0) is 11.5. The molecule has 82 valence electrons. The van der Waals surface area contributed by atoms with Gasteiger partial charge in [0.1, 0.15) is 0 Å². The Labute approximate surface area is 96.7 Å². The van der Waals surface area contributed by atoms with Crippen molar-refractivity contribution < 1.29 is 4.92 Å². The highest BCUT2D eigenvalue weighted by atomic mass is 32.1. The molecule has 0 radical (unpaired) electrons. The van der Waals surface area contributed by atoms with Crippen LogP contribution in [0.25, 0.3) is 0 Å². The van der Waals surface area contributed by atoms with Crippen LogP contribution in [0.15, 0.2) is 30.5 Å². The molecular weight excluding hydrogens is 224 g/mol. The Bertz CT molecular complexity index is 505. The molecule has 0 saturated carbocycles. The van der Waals surface area contributed by atoms with Gasteiger partial charge in [0.05, 0.1) is 9.93 Å². The van der Waals surface area contributed by atoms with Crippen molar-refractivity contribution >= 4 is 17.0 Å². The molecule has 2 rings (SSSR count). The fourth-order valence-corrected chi connectivity index (χ4v) is 2.25. The monoisotopic (exact) mass is 234 g/mol. The second kappa shape index (κ2) is 4.40. The summed E-state index contributed by atoms with van der Waals surface area (Å²) in [6, 6.07) is 6.63. The first kappa shape index (κ1) is 10.8. The predicted octanol–water partition coefficient (Wildman–Crippen LogP) is 2.95. The lowest BCUT2D eigenvalue weighted by atomic mass is 10.1. The van der Waals surface area contributed by atoms with E-state index in [1.165, 1.54) is 17.0 Å². The van der Waals surface area contributed by atoms with Crippen LogP contribution in [0.4, 0.5) is 5.69 Å². The molecular formula is C11H10N2O2S. The topological polar surface area (TPSA) is 56.0 Å². The fraction of sp³-hybridized carbons (Fsp3) is 0.182. The second-order valence-corrected chi connectivity index (χ2v) is 4.77. The largest absolute Gasteiger partial charge is 0.269 e. The number of non-ortho nitro benzene ring substituents is 1. The highest BCUT2D eigenvalue weighted by molar-refractivity contribution is 7.11. The van der Waals surface area contributed by atoms with Crippen LogP contribution in [0.2, 0.25) is 0 Å². The van der Waals surface area contributed by atoms with Gasteiger partial charge in [-0.25, -0.2) is 4.98 Å². The molecule has 0 aliphatic rings. The lowest BCUT2D eigenvalue weighted by Gasteiger charge is -1.97. The molecule has 4 nitrogen and oxygen atoms in total. The summed E-state index contributed by atoms with van der Waals surface area (Å²) in [6.07, 6.45) is 2.63. The predicted molar refractivity (Wildman–Crippen MR) is 62.8 cm³/mol. The molecule has 0 aliphatic heterocycles. The van der Waals surface area contributed by atoms with E-state index in [0.717, 1.165) is 17.0 Å². The van der Waals surface area contributed by atoms with Gasteiger partial charge in [-0.05, 0) is 12.5 Å². The van der Waals surface area contributed by atoms with Gasteiger partial charge >= 0.3 is 0 Å². The summed E-state index contributed by atoms with van der Waals surface area (Å²) < 4.78 is 0. The van der Waals surface area contributed by atoms with Crippen LogP contribution < -0.4 is 0 Å². The van der Waals surface area contributed by atoms with Crippen LogP contribution >= 0.6 is 11.3 Å². The molecule has 16 heavy (non-hydrogen) atoms. The van der Waals surface area contributed by atoms with E-state index in [1.807, 2.05) is 13.1 Å². The smallest absolute Gasteiger partial charge is 0.258 e. The number of nitro benzene ring substituents is 1. The number of nitro groups is 1. The average molecular weight is 234 g/mol. The van der Waals surface area contributed by atoms with E-state index < -0.39 is 0 Å². The molecule has 1 aromatic heterocycles. The minimum absolute atomic E-state index is 0.129. The first-order chi connectivity index (χ1) is 7.65. The number of thiazole rings is 1. The number of benzene rings is 1. The van der Waals surface area contributed by atoms with Gasteiger partial charge < -0.3 is 0 Å². The third kappa shape index (κ3) is 2.43. The van der Waals surface area contributed by atoms with E-state index in [-0.39, 0.29) is 10.6 Å². The molecule has 0 N–H and O–H groups in total. The van der Waals surface area contributed by atoms with Crippen molar-refractivity contribution in [2.45, 2.75) is 13.3 Å². The molecule has 1 heterocycles. The standard InChI is InChI=1S/C11H10N2O2S/c1-8-12-7-11(16-8)6-9-2-4-10(5-3-9)13(14)15/h2-5,7H,6H2,1H3. The number of aryl methyl sites for hydroxylation is 1. The summed E-state index contributed by atoms with van der Waals surface area (Å²) in [5, 5.41) is 11.5. The van der Waals surface area contributed by atoms with Crippen LogP contribution in [0.1, 0.15) is 15.4 Å². The fourth-order valence-electron chi connectivity index (χ4n) is 1.42. The molecule has 0 unspecified atom stereocenters. The van der Waals surface area contributed by atoms with E-state index in [1.54, 1.807) is 23.5 Å². The van der Waals surface area contributed by atoms with Gasteiger partial charge in [-0.2, -0.15) is 0 Å². The van der Waals surface area contributed by atoms with Crippen LogP contribution in [0.3, 0.4) is 0 Å². The van der Waals surface area contributed by atoms with Crippen LogP contribution in [0, 0.1) is 17.0 Å². The Hall–Kier alpha value is -1.75. The molecule has 2 aromatic rings. The van der Waals surface area contributed by atoms with Crippen molar-refractivity contribution in [3.05, 3.63) is 56.0 Å². The molecule has 0 fully saturated rings. The normalized spacial score (nSPS) is 10.3. The molecule has 0 bridgehead atoms. The lowest BCUT2D eigenvalue weighted by molar-refractivity contribution is -0.384. The lowest BCUT2D eigenvalue weighted by Crippen LogP contribution is -1.89. The first-order valence-electron chi connectivity index (χ1n) is 4.80. The van der Waals surface area contributed by atoms with Crippen molar-refractivity contribution in [3.63, 3.8) is 0 Å². The van der Waals surface area contributed by atoms with Gasteiger partial charge in [0.2, 0.25) is 0 Å². The molecule has 0 atom stereocenters. The van der Waals surface area contributed by atoms with Crippen molar-refractivity contribution in [2.24, 2.45) is 0 Å². The maximum Gasteiger partial charge on any atom is 0.269 e. The number of hydrogen-bond donors (Lipinski definition) is 0. The highest BCUT2D eigenvalue weighted by Gasteiger charge is 2.05. The summed E-state index contributed by atoms with van der Waals surface area (Å²) in [7, 11) is 0. The summed E-state index contributed by atoms with van der Waals surface area (Å²) >= 11 is 1.65. The Kier molecular flexibility index (Phi) is 2.96. The number of nitrogens with zero attached hydrogens (tertiary/aromatic N) is 2. The molecule has 1 aromatic carbocycles. The van der Waals surface area contributed by atoms with Gasteiger partial charge in [-0.3, -0.25) is 10.1 Å². The minimum atomic E-state index is -0.388. The minimum Gasteiger partial charge on any atom is -0.258 e. The molecule has 0 spiro atoms.